The van der Waals surface area contributed by atoms with Gasteiger partial charge in [-0.3, -0.25) is 4.79 Å². The predicted molar refractivity (Wildman–Crippen MR) is 67.4 cm³/mol. The number of likely N-dealkylation sites (tertiary alicyclic amines) is 1. The van der Waals surface area contributed by atoms with Crippen LogP contribution in [0.25, 0.3) is 0 Å². The van der Waals surface area contributed by atoms with Crippen LogP contribution in [0.1, 0.15) is 29.0 Å². The number of pyridine rings is 1. The number of nitrogens with zero attached hydrogens (tertiary/aromatic N) is 2. The second-order valence-corrected chi connectivity index (χ2v) is 5.44. The third kappa shape index (κ3) is 2.01. The van der Waals surface area contributed by atoms with E-state index in [-0.39, 0.29) is 11.3 Å². The third-order valence-electron chi connectivity index (χ3n) is 4.02. The van der Waals surface area contributed by atoms with Crippen LogP contribution < -0.4 is 0 Å². The van der Waals surface area contributed by atoms with Gasteiger partial charge in [-0.05, 0) is 31.9 Å². The summed E-state index contributed by atoms with van der Waals surface area (Å²) < 4.78 is 5.48. The lowest BCUT2D eigenvalue weighted by atomic mass is 9.87. The molecule has 0 unspecified atom stereocenters. The van der Waals surface area contributed by atoms with Crippen molar-refractivity contribution >= 4 is 5.91 Å². The van der Waals surface area contributed by atoms with E-state index in [0.29, 0.717) is 5.69 Å². The Hall–Kier alpha value is -1.42. The van der Waals surface area contributed by atoms with Gasteiger partial charge in [-0.15, -0.1) is 0 Å². The summed E-state index contributed by atoms with van der Waals surface area (Å²) in [5, 5.41) is 0. The number of amides is 1. The van der Waals surface area contributed by atoms with Crippen LogP contribution in [-0.4, -0.2) is 42.1 Å². The van der Waals surface area contributed by atoms with Gasteiger partial charge in [-0.25, -0.2) is 4.98 Å². The molecule has 1 aromatic heterocycles. The third-order valence-corrected chi connectivity index (χ3v) is 4.02. The molecule has 1 atom stereocenters. The van der Waals surface area contributed by atoms with Crippen molar-refractivity contribution in [3.05, 3.63) is 29.6 Å². The summed E-state index contributed by atoms with van der Waals surface area (Å²) in [5.41, 5.74) is 1.67. The van der Waals surface area contributed by atoms with Crippen molar-refractivity contribution in [2.75, 3.05) is 26.3 Å². The normalized spacial score (nSPS) is 27.1. The van der Waals surface area contributed by atoms with Gasteiger partial charge >= 0.3 is 0 Å². The zero-order valence-corrected chi connectivity index (χ0v) is 10.7. The van der Waals surface area contributed by atoms with Crippen LogP contribution in [-0.2, 0) is 4.74 Å². The Balaban J connectivity index is 1.74. The summed E-state index contributed by atoms with van der Waals surface area (Å²) in [6.07, 6.45) is 2.14. The highest BCUT2D eigenvalue weighted by Gasteiger charge is 2.43. The van der Waals surface area contributed by atoms with Crippen LogP contribution in [0.3, 0.4) is 0 Å². The van der Waals surface area contributed by atoms with Gasteiger partial charge in [0.05, 0.1) is 6.61 Å². The van der Waals surface area contributed by atoms with E-state index in [1.807, 2.05) is 24.0 Å². The molecule has 2 aliphatic heterocycles. The van der Waals surface area contributed by atoms with Crippen LogP contribution in [0, 0.1) is 12.3 Å². The molecular formula is C14H18N2O2. The lowest BCUT2D eigenvalue weighted by Crippen LogP contribution is -2.33. The van der Waals surface area contributed by atoms with Crippen molar-refractivity contribution in [3.63, 3.8) is 0 Å². The van der Waals surface area contributed by atoms with Crippen LogP contribution >= 0.6 is 0 Å². The number of ether oxygens (including phenoxy) is 1. The molecule has 2 saturated heterocycles. The average Bonchev–Trinajstić information content (AvgIpc) is 3.00. The molecule has 4 nitrogen and oxygen atoms in total. The van der Waals surface area contributed by atoms with Gasteiger partial charge in [0.15, 0.2) is 0 Å². The molecule has 0 bridgehead atoms. The maximum absolute atomic E-state index is 12.4. The molecule has 3 heterocycles. The molecule has 1 aromatic rings. The second-order valence-electron chi connectivity index (χ2n) is 5.44. The lowest BCUT2D eigenvalue weighted by Gasteiger charge is -2.21. The first-order chi connectivity index (χ1) is 8.69. The molecule has 1 spiro atoms. The number of aromatic nitrogens is 1. The number of rotatable bonds is 1. The molecule has 2 fully saturated rings. The molecule has 0 radical (unpaired) electrons. The molecule has 3 rings (SSSR count). The topological polar surface area (TPSA) is 42.4 Å². The second kappa shape index (κ2) is 4.35. The summed E-state index contributed by atoms with van der Waals surface area (Å²) in [6.45, 7) is 5.20. The largest absolute Gasteiger partial charge is 0.381 e. The summed E-state index contributed by atoms with van der Waals surface area (Å²) in [7, 11) is 0. The first-order valence-electron chi connectivity index (χ1n) is 6.49. The van der Waals surface area contributed by atoms with Crippen molar-refractivity contribution in [1.29, 1.82) is 0 Å². The van der Waals surface area contributed by atoms with Crippen LogP contribution in [0.4, 0.5) is 0 Å². The Labute approximate surface area is 107 Å². The zero-order valence-electron chi connectivity index (χ0n) is 10.7. The molecule has 0 aliphatic carbocycles. The number of hydrogen-bond acceptors (Lipinski definition) is 3. The Morgan fingerprint density at radius 1 is 1.44 bits per heavy atom. The number of hydrogen-bond donors (Lipinski definition) is 0. The minimum atomic E-state index is 0.0578. The Morgan fingerprint density at radius 2 is 2.33 bits per heavy atom. The lowest BCUT2D eigenvalue weighted by molar-refractivity contribution is 0.0759. The molecule has 96 valence electrons. The summed E-state index contributed by atoms with van der Waals surface area (Å²) in [6, 6.07) is 5.60. The van der Waals surface area contributed by atoms with Gasteiger partial charge in [-0.2, -0.15) is 0 Å². The molecule has 0 aromatic carbocycles. The number of carbonyl (C=O) groups excluding carboxylic acids is 1. The maximum atomic E-state index is 12.4. The van der Waals surface area contributed by atoms with Crippen LogP contribution in [0.15, 0.2) is 18.2 Å². The fourth-order valence-electron chi connectivity index (χ4n) is 2.90. The van der Waals surface area contributed by atoms with Crippen molar-refractivity contribution in [3.8, 4) is 0 Å². The molecule has 1 amide bonds. The smallest absolute Gasteiger partial charge is 0.272 e. The fraction of sp³-hybridized carbons (Fsp3) is 0.571. The molecule has 18 heavy (non-hydrogen) atoms. The number of aryl methyl sites for hydroxylation is 1. The summed E-state index contributed by atoms with van der Waals surface area (Å²) in [5.74, 6) is 0.0578. The van der Waals surface area contributed by atoms with E-state index in [4.69, 9.17) is 4.74 Å². The van der Waals surface area contributed by atoms with Gasteiger partial charge in [0, 0.05) is 30.8 Å². The van der Waals surface area contributed by atoms with E-state index in [1.54, 1.807) is 6.07 Å². The highest BCUT2D eigenvalue weighted by Crippen LogP contribution is 2.38. The van der Waals surface area contributed by atoms with Crippen LogP contribution in [0.5, 0.6) is 0 Å². The maximum Gasteiger partial charge on any atom is 0.272 e. The quantitative estimate of drug-likeness (QED) is 0.756. The number of carbonyl (C=O) groups is 1. The monoisotopic (exact) mass is 246 g/mol. The van der Waals surface area contributed by atoms with E-state index in [1.165, 1.54) is 0 Å². The van der Waals surface area contributed by atoms with E-state index in [0.717, 1.165) is 44.8 Å². The summed E-state index contributed by atoms with van der Waals surface area (Å²) >= 11 is 0. The van der Waals surface area contributed by atoms with Crippen molar-refractivity contribution in [2.24, 2.45) is 5.41 Å². The first-order valence-corrected chi connectivity index (χ1v) is 6.49. The Morgan fingerprint density at radius 3 is 3.06 bits per heavy atom. The Kier molecular flexibility index (Phi) is 2.82. The standard InChI is InChI=1S/C14H18N2O2/c1-11-3-2-4-12(15-11)13(17)16-7-5-14(9-16)6-8-18-10-14/h2-4H,5-10H2,1H3/t14-/m1/s1. The SMILES string of the molecule is Cc1cccc(C(=O)N2CC[C@@]3(CCOC3)C2)n1. The predicted octanol–water partition coefficient (Wildman–Crippen LogP) is 1.64. The molecule has 2 aliphatic rings. The minimum absolute atomic E-state index is 0.0578. The molecule has 4 heteroatoms. The van der Waals surface area contributed by atoms with Gasteiger partial charge < -0.3 is 9.64 Å². The highest BCUT2D eigenvalue weighted by atomic mass is 16.5. The van der Waals surface area contributed by atoms with Crippen molar-refractivity contribution in [1.82, 2.24) is 9.88 Å². The Bertz CT molecular complexity index is 467. The highest BCUT2D eigenvalue weighted by molar-refractivity contribution is 5.92. The molecule has 0 saturated carbocycles. The minimum Gasteiger partial charge on any atom is -0.381 e. The van der Waals surface area contributed by atoms with E-state index >= 15 is 0 Å². The fourth-order valence-corrected chi connectivity index (χ4v) is 2.90. The van der Waals surface area contributed by atoms with Gasteiger partial charge in [0.2, 0.25) is 0 Å². The van der Waals surface area contributed by atoms with E-state index in [2.05, 4.69) is 4.98 Å². The van der Waals surface area contributed by atoms with E-state index in [9.17, 15) is 4.79 Å². The zero-order chi connectivity index (χ0) is 12.6. The van der Waals surface area contributed by atoms with Gasteiger partial charge in [-0.1, -0.05) is 6.07 Å². The average molecular weight is 246 g/mol. The summed E-state index contributed by atoms with van der Waals surface area (Å²) in [4.78, 5) is 18.6. The van der Waals surface area contributed by atoms with Crippen molar-refractivity contribution in [2.45, 2.75) is 19.8 Å². The first kappa shape index (κ1) is 11.7. The van der Waals surface area contributed by atoms with Crippen LogP contribution in [0.2, 0.25) is 0 Å². The molecular weight excluding hydrogens is 228 g/mol. The molecule has 0 N–H and O–H groups in total. The van der Waals surface area contributed by atoms with Gasteiger partial charge in [0.1, 0.15) is 5.69 Å². The van der Waals surface area contributed by atoms with E-state index < -0.39 is 0 Å². The van der Waals surface area contributed by atoms with Crippen molar-refractivity contribution < 1.29 is 9.53 Å². The van der Waals surface area contributed by atoms with Gasteiger partial charge in [0.25, 0.3) is 5.91 Å².